The van der Waals surface area contributed by atoms with E-state index in [1.165, 1.54) is 6.33 Å². The molecule has 4 heterocycles. The number of ether oxygens (including phenoxy) is 3. The molecule has 0 aliphatic carbocycles. The van der Waals surface area contributed by atoms with Gasteiger partial charge in [0.15, 0.2) is 29.0 Å². The van der Waals surface area contributed by atoms with Gasteiger partial charge in [0, 0.05) is 5.69 Å². The van der Waals surface area contributed by atoms with E-state index < -0.39 is 18.1 Å². The van der Waals surface area contributed by atoms with E-state index in [0.717, 1.165) is 5.69 Å². The zero-order chi connectivity index (χ0) is 19.3. The van der Waals surface area contributed by atoms with Crippen molar-refractivity contribution in [2.75, 3.05) is 5.32 Å². The first-order valence-electron chi connectivity index (χ1n) is 9.02. The molecule has 3 aromatic rings. The minimum Gasteiger partial charge on any atom is -0.341 e. The quantitative estimate of drug-likeness (QED) is 0.703. The van der Waals surface area contributed by atoms with Gasteiger partial charge in [-0.05, 0) is 26.0 Å². The summed E-state index contributed by atoms with van der Waals surface area (Å²) in [5.74, 6) is 2.54. The first kappa shape index (κ1) is 17.1. The Morgan fingerprint density at radius 3 is 2.68 bits per heavy atom. The second kappa shape index (κ2) is 6.27. The van der Waals surface area contributed by atoms with Crippen LogP contribution in [0.2, 0.25) is 0 Å². The van der Waals surface area contributed by atoms with Crippen molar-refractivity contribution in [3.8, 4) is 12.3 Å². The molecule has 8 heteroatoms. The molecule has 4 atom stereocenters. The van der Waals surface area contributed by atoms with Gasteiger partial charge in [0.25, 0.3) is 0 Å². The minimum absolute atomic E-state index is 0.341. The number of nitrogens with one attached hydrogen (secondary N) is 1. The van der Waals surface area contributed by atoms with Gasteiger partial charge in [-0.25, -0.2) is 15.0 Å². The number of aromatic nitrogens is 4. The molecule has 0 amide bonds. The van der Waals surface area contributed by atoms with Gasteiger partial charge in [-0.2, -0.15) is 0 Å². The fourth-order valence-corrected chi connectivity index (χ4v) is 3.72. The van der Waals surface area contributed by atoms with Crippen molar-refractivity contribution in [3.05, 3.63) is 43.0 Å². The third kappa shape index (κ3) is 2.72. The van der Waals surface area contributed by atoms with Crippen LogP contribution in [-0.2, 0) is 14.2 Å². The lowest BCUT2D eigenvalue weighted by Gasteiger charge is -2.23. The van der Waals surface area contributed by atoms with E-state index in [9.17, 15) is 0 Å². The SMILES string of the molecule is C#C[C@H]1O[C@@H](n2cnc3c(Nc4ccccc4)ncnc32)[C@H]2OC(C)(C)O[C@@H]21. The number of para-hydroxylation sites is 1. The highest BCUT2D eigenvalue weighted by atomic mass is 16.8. The highest BCUT2D eigenvalue weighted by molar-refractivity contribution is 5.85. The summed E-state index contributed by atoms with van der Waals surface area (Å²) in [4.78, 5) is 13.3. The maximum Gasteiger partial charge on any atom is 0.167 e. The Bertz CT molecular complexity index is 1060. The van der Waals surface area contributed by atoms with Crippen LogP contribution in [0.4, 0.5) is 11.5 Å². The van der Waals surface area contributed by atoms with Crippen LogP contribution in [0.3, 0.4) is 0 Å². The fraction of sp³-hybridized carbons (Fsp3) is 0.350. The molecule has 2 aliphatic rings. The summed E-state index contributed by atoms with van der Waals surface area (Å²) in [5.41, 5.74) is 2.17. The molecule has 142 valence electrons. The molecular weight excluding hydrogens is 358 g/mol. The minimum atomic E-state index is -0.724. The third-order valence-electron chi connectivity index (χ3n) is 4.86. The zero-order valence-corrected chi connectivity index (χ0v) is 15.4. The van der Waals surface area contributed by atoms with Gasteiger partial charge in [0.1, 0.15) is 24.6 Å². The third-order valence-corrected chi connectivity index (χ3v) is 4.86. The molecule has 5 rings (SSSR count). The molecule has 8 nitrogen and oxygen atoms in total. The largest absolute Gasteiger partial charge is 0.341 e. The summed E-state index contributed by atoms with van der Waals surface area (Å²) < 4.78 is 19.9. The number of hydrogen-bond donors (Lipinski definition) is 1. The summed E-state index contributed by atoms with van der Waals surface area (Å²) in [5, 5.41) is 3.27. The Balaban J connectivity index is 1.52. The van der Waals surface area contributed by atoms with Crippen molar-refractivity contribution >= 4 is 22.7 Å². The topological polar surface area (TPSA) is 83.3 Å². The van der Waals surface area contributed by atoms with Crippen molar-refractivity contribution in [1.29, 1.82) is 0 Å². The summed E-state index contributed by atoms with van der Waals surface area (Å²) in [6.07, 6.45) is 7.13. The maximum atomic E-state index is 6.07. The van der Waals surface area contributed by atoms with Crippen molar-refractivity contribution in [2.45, 2.75) is 44.2 Å². The summed E-state index contributed by atoms with van der Waals surface area (Å²) >= 11 is 0. The van der Waals surface area contributed by atoms with Gasteiger partial charge in [-0.3, -0.25) is 4.57 Å². The van der Waals surface area contributed by atoms with E-state index in [2.05, 4.69) is 26.2 Å². The molecule has 2 fully saturated rings. The lowest BCUT2D eigenvalue weighted by molar-refractivity contribution is -0.190. The van der Waals surface area contributed by atoms with Crippen LogP contribution < -0.4 is 5.32 Å². The Morgan fingerprint density at radius 1 is 1.11 bits per heavy atom. The number of nitrogens with zero attached hydrogens (tertiary/aromatic N) is 4. The molecule has 2 saturated heterocycles. The molecular formula is C20H19N5O3. The highest BCUT2D eigenvalue weighted by Gasteiger charge is 2.55. The van der Waals surface area contributed by atoms with Crippen LogP contribution >= 0.6 is 0 Å². The average Bonchev–Trinajstić information content (AvgIpc) is 3.33. The van der Waals surface area contributed by atoms with Crippen molar-refractivity contribution in [2.24, 2.45) is 0 Å². The van der Waals surface area contributed by atoms with Crippen molar-refractivity contribution in [3.63, 3.8) is 0 Å². The Kier molecular flexibility index (Phi) is 3.84. The van der Waals surface area contributed by atoms with Gasteiger partial charge in [0.05, 0.1) is 6.33 Å². The number of terminal acetylenes is 1. The van der Waals surface area contributed by atoms with Gasteiger partial charge >= 0.3 is 0 Å². The Morgan fingerprint density at radius 2 is 1.89 bits per heavy atom. The summed E-state index contributed by atoms with van der Waals surface area (Å²) in [6.45, 7) is 3.73. The lowest BCUT2D eigenvalue weighted by Crippen LogP contribution is -2.28. The van der Waals surface area contributed by atoms with Crippen LogP contribution in [0.5, 0.6) is 0 Å². The van der Waals surface area contributed by atoms with E-state index in [1.807, 2.05) is 48.7 Å². The normalized spacial score (nSPS) is 28.2. The monoisotopic (exact) mass is 377 g/mol. The number of anilines is 2. The number of hydrogen-bond acceptors (Lipinski definition) is 7. The molecule has 2 aliphatic heterocycles. The second-order valence-corrected chi connectivity index (χ2v) is 7.22. The van der Waals surface area contributed by atoms with Crippen LogP contribution in [0.1, 0.15) is 20.1 Å². The average molecular weight is 377 g/mol. The smallest absolute Gasteiger partial charge is 0.167 e. The van der Waals surface area contributed by atoms with Crippen LogP contribution in [0.25, 0.3) is 11.2 Å². The summed E-state index contributed by atoms with van der Waals surface area (Å²) in [7, 11) is 0. The Hall–Kier alpha value is -2.99. The lowest BCUT2D eigenvalue weighted by atomic mass is 10.1. The predicted octanol–water partition coefficient (Wildman–Crippen LogP) is 2.62. The molecule has 0 spiro atoms. The molecule has 0 radical (unpaired) electrons. The first-order valence-corrected chi connectivity index (χ1v) is 9.02. The van der Waals surface area contributed by atoms with Gasteiger partial charge in [0.2, 0.25) is 0 Å². The first-order chi connectivity index (χ1) is 13.6. The van der Waals surface area contributed by atoms with Crippen LogP contribution in [-0.4, -0.2) is 43.6 Å². The molecule has 0 unspecified atom stereocenters. The fourth-order valence-electron chi connectivity index (χ4n) is 3.72. The van der Waals surface area contributed by atoms with Gasteiger partial charge in [-0.1, -0.05) is 24.1 Å². The van der Waals surface area contributed by atoms with Crippen molar-refractivity contribution in [1.82, 2.24) is 19.5 Å². The van der Waals surface area contributed by atoms with Crippen LogP contribution in [0, 0.1) is 12.3 Å². The van der Waals surface area contributed by atoms with Crippen LogP contribution in [0.15, 0.2) is 43.0 Å². The highest BCUT2D eigenvalue weighted by Crippen LogP contribution is 2.43. The standard InChI is InChI=1S/C20H19N5O3/c1-4-13-15-16(28-20(2,3)27-15)19(26-13)25-11-23-14-17(21-10-22-18(14)25)24-12-8-6-5-7-9-12/h1,5-11,13,15-16,19H,2-3H3,(H,21,22,24)/t13-,15-,16+,19-/m1/s1. The number of rotatable bonds is 3. The molecule has 1 aromatic carbocycles. The molecule has 0 bridgehead atoms. The van der Waals surface area contributed by atoms with E-state index in [4.69, 9.17) is 20.6 Å². The van der Waals surface area contributed by atoms with Crippen molar-refractivity contribution < 1.29 is 14.2 Å². The second-order valence-electron chi connectivity index (χ2n) is 7.22. The molecule has 0 saturated carbocycles. The molecule has 28 heavy (non-hydrogen) atoms. The number of imidazole rings is 1. The van der Waals surface area contributed by atoms with Gasteiger partial charge in [-0.15, -0.1) is 6.42 Å². The Labute approximate surface area is 161 Å². The van der Waals surface area contributed by atoms with Gasteiger partial charge < -0.3 is 19.5 Å². The molecule has 1 N–H and O–H groups in total. The van der Waals surface area contributed by atoms with E-state index in [0.29, 0.717) is 17.0 Å². The predicted molar refractivity (Wildman–Crippen MR) is 102 cm³/mol. The van der Waals surface area contributed by atoms with E-state index in [-0.39, 0.29) is 12.2 Å². The molecule has 2 aromatic heterocycles. The summed E-state index contributed by atoms with van der Waals surface area (Å²) in [6, 6.07) is 9.77. The number of benzene rings is 1. The maximum absolute atomic E-state index is 6.07. The van der Waals surface area contributed by atoms with E-state index >= 15 is 0 Å². The number of fused-ring (bicyclic) bond motifs is 2. The zero-order valence-electron chi connectivity index (χ0n) is 15.4. The van der Waals surface area contributed by atoms with E-state index in [1.54, 1.807) is 6.33 Å².